The molecule has 6 heteroatoms. The zero-order valence-electron chi connectivity index (χ0n) is 16.2. The van der Waals surface area contributed by atoms with E-state index >= 15 is 0 Å². The monoisotopic (exact) mass is 418 g/mol. The Morgan fingerprint density at radius 1 is 0.966 bits per heavy atom. The normalized spacial score (nSPS) is 22.1. The summed E-state index contributed by atoms with van der Waals surface area (Å²) in [5.41, 5.74) is 1.37. The van der Waals surface area contributed by atoms with Crippen molar-refractivity contribution in [2.75, 3.05) is 23.3 Å². The average molecular weight is 419 g/mol. The number of halogens is 3. The van der Waals surface area contributed by atoms with Crippen molar-refractivity contribution >= 4 is 28.6 Å². The molecular weight excluding hydrogens is 393 g/mol. The van der Waals surface area contributed by atoms with Gasteiger partial charge in [-0.3, -0.25) is 0 Å². The van der Waals surface area contributed by atoms with Gasteiger partial charge < -0.3 is 10.2 Å². The van der Waals surface area contributed by atoms with E-state index in [0.29, 0.717) is 16.6 Å². The Bertz CT molecular complexity index is 866. The van der Waals surface area contributed by atoms with Crippen molar-refractivity contribution in [1.82, 2.24) is 0 Å². The Morgan fingerprint density at radius 2 is 1.69 bits per heavy atom. The van der Waals surface area contributed by atoms with Crippen LogP contribution in [0.3, 0.4) is 0 Å². The van der Waals surface area contributed by atoms with E-state index < -0.39 is 11.7 Å². The van der Waals surface area contributed by atoms with Crippen molar-refractivity contribution in [2.24, 2.45) is 11.8 Å². The lowest BCUT2D eigenvalue weighted by molar-refractivity contribution is -0.137. The van der Waals surface area contributed by atoms with Crippen molar-refractivity contribution in [3.8, 4) is 0 Å². The van der Waals surface area contributed by atoms with Gasteiger partial charge in [-0.2, -0.15) is 13.2 Å². The largest absolute Gasteiger partial charge is 0.416 e. The van der Waals surface area contributed by atoms with E-state index in [0.717, 1.165) is 36.7 Å². The fourth-order valence-corrected chi connectivity index (χ4v) is 4.94. The van der Waals surface area contributed by atoms with Crippen LogP contribution >= 0.6 is 12.2 Å². The summed E-state index contributed by atoms with van der Waals surface area (Å²) in [5.74, 6) is 1.39. The topological polar surface area (TPSA) is 15.3 Å². The van der Waals surface area contributed by atoms with E-state index in [1.54, 1.807) is 6.07 Å². The van der Waals surface area contributed by atoms with Crippen molar-refractivity contribution < 1.29 is 13.2 Å². The number of rotatable bonds is 3. The van der Waals surface area contributed by atoms with E-state index in [-0.39, 0.29) is 0 Å². The molecule has 2 atom stereocenters. The van der Waals surface area contributed by atoms with E-state index in [4.69, 9.17) is 12.2 Å². The summed E-state index contributed by atoms with van der Waals surface area (Å²) in [6.07, 6.45) is 1.78. The van der Waals surface area contributed by atoms with E-state index in [2.05, 4.69) is 10.2 Å². The van der Waals surface area contributed by atoms with Gasteiger partial charge in [0, 0.05) is 18.7 Å². The number of thiocarbonyl (C=S) groups is 1. The molecule has 1 aliphatic carbocycles. The molecule has 1 saturated carbocycles. The lowest BCUT2D eigenvalue weighted by Gasteiger charge is -2.43. The van der Waals surface area contributed by atoms with Crippen LogP contribution in [0.15, 0.2) is 48.5 Å². The molecule has 2 fully saturated rings. The molecule has 0 spiro atoms. The third-order valence-electron chi connectivity index (χ3n) is 6.24. The van der Waals surface area contributed by atoms with Crippen molar-refractivity contribution in [3.05, 3.63) is 59.7 Å². The highest BCUT2D eigenvalue weighted by Gasteiger charge is 2.34. The van der Waals surface area contributed by atoms with Crippen molar-refractivity contribution in [3.63, 3.8) is 0 Å². The van der Waals surface area contributed by atoms with Gasteiger partial charge >= 0.3 is 6.18 Å². The molecule has 2 aliphatic rings. The summed E-state index contributed by atoms with van der Waals surface area (Å²) in [6.45, 7) is 1.78. The fraction of sp³-hybridized carbons (Fsp3) is 0.435. The molecule has 0 unspecified atom stereocenters. The first-order valence-electron chi connectivity index (χ1n) is 10.2. The Balaban J connectivity index is 1.63. The first-order chi connectivity index (χ1) is 13.9. The van der Waals surface area contributed by atoms with Crippen molar-refractivity contribution in [2.45, 2.75) is 38.3 Å². The SMILES string of the molecule is FC(F)(F)c1ccc(N2CC[C@H]3CCCC[C@@H]3C2)c(NC(=S)c2ccccc2)c1. The van der Waals surface area contributed by atoms with Gasteiger partial charge in [-0.1, -0.05) is 61.8 Å². The maximum Gasteiger partial charge on any atom is 0.416 e. The van der Waals surface area contributed by atoms with Crippen LogP contribution in [-0.4, -0.2) is 18.1 Å². The highest BCUT2D eigenvalue weighted by atomic mass is 32.1. The maximum atomic E-state index is 13.3. The summed E-state index contributed by atoms with van der Waals surface area (Å²) in [4.78, 5) is 2.67. The maximum absolute atomic E-state index is 13.3. The first-order valence-corrected chi connectivity index (χ1v) is 10.7. The van der Waals surface area contributed by atoms with Gasteiger partial charge in [0.25, 0.3) is 0 Å². The van der Waals surface area contributed by atoms with Crippen LogP contribution in [0, 0.1) is 11.8 Å². The summed E-state index contributed by atoms with van der Waals surface area (Å²) in [6, 6.07) is 13.3. The molecule has 0 bridgehead atoms. The highest BCUT2D eigenvalue weighted by Crippen LogP contribution is 2.41. The Kier molecular flexibility index (Phi) is 5.81. The molecule has 0 radical (unpaired) electrons. The predicted octanol–water partition coefficient (Wildman–Crippen LogP) is 6.51. The molecule has 29 heavy (non-hydrogen) atoms. The molecule has 1 aliphatic heterocycles. The minimum atomic E-state index is -4.39. The standard InChI is InChI=1S/C23H25F3N2S/c24-23(25,26)19-10-11-21(28-13-12-16-6-4-5-9-18(16)15-28)20(14-19)27-22(29)17-7-2-1-3-8-17/h1-3,7-8,10-11,14,16,18H,4-6,9,12-13,15H2,(H,27,29)/t16-,18-/m1/s1. The van der Waals surface area contributed by atoms with Crippen LogP contribution in [0.1, 0.15) is 43.2 Å². The lowest BCUT2D eigenvalue weighted by atomic mass is 9.75. The van der Waals surface area contributed by atoms with Crippen LogP contribution in [0.2, 0.25) is 0 Å². The second-order valence-electron chi connectivity index (χ2n) is 8.09. The van der Waals surface area contributed by atoms with Gasteiger partial charge in [0.1, 0.15) is 4.99 Å². The number of anilines is 2. The van der Waals surface area contributed by atoms with E-state index in [1.807, 2.05) is 30.3 Å². The average Bonchev–Trinajstić information content (AvgIpc) is 2.73. The molecule has 4 rings (SSSR count). The third kappa shape index (κ3) is 4.58. The minimum Gasteiger partial charge on any atom is -0.370 e. The van der Waals surface area contributed by atoms with Gasteiger partial charge in [0.05, 0.1) is 16.9 Å². The molecule has 1 N–H and O–H groups in total. The Morgan fingerprint density at radius 3 is 2.41 bits per heavy atom. The lowest BCUT2D eigenvalue weighted by Crippen LogP contribution is -2.42. The van der Waals surface area contributed by atoms with Gasteiger partial charge in [-0.15, -0.1) is 0 Å². The summed E-state index contributed by atoms with van der Waals surface area (Å²) >= 11 is 5.48. The number of nitrogens with zero attached hydrogens (tertiary/aromatic N) is 1. The number of fused-ring (bicyclic) bond motifs is 1. The second kappa shape index (κ2) is 8.34. The number of hydrogen-bond donors (Lipinski definition) is 1. The second-order valence-corrected chi connectivity index (χ2v) is 8.50. The highest BCUT2D eigenvalue weighted by molar-refractivity contribution is 7.81. The molecule has 154 valence electrons. The number of hydrogen-bond acceptors (Lipinski definition) is 2. The smallest absolute Gasteiger partial charge is 0.370 e. The molecule has 0 amide bonds. The number of piperidine rings is 1. The van der Waals surface area contributed by atoms with Crippen LogP contribution < -0.4 is 10.2 Å². The van der Waals surface area contributed by atoms with Crippen LogP contribution in [0.5, 0.6) is 0 Å². The summed E-state index contributed by atoms with van der Waals surface area (Å²) in [7, 11) is 0. The van der Waals surface area contributed by atoms with Crippen LogP contribution in [-0.2, 0) is 6.18 Å². The number of alkyl halides is 3. The summed E-state index contributed by atoms with van der Waals surface area (Å²) in [5, 5.41) is 3.10. The third-order valence-corrected chi connectivity index (χ3v) is 6.58. The Hall–Kier alpha value is -2.08. The van der Waals surface area contributed by atoms with Gasteiger partial charge in [0.2, 0.25) is 0 Å². The molecule has 2 aromatic rings. The molecule has 0 aromatic heterocycles. The molecule has 2 nitrogen and oxygen atoms in total. The molecule has 1 saturated heterocycles. The number of nitrogens with one attached hydrogen (secondary N) is 1. The molecule has 2 aromatic carbocycles. The van der Waals surface area contributed by atoms with Crippen LogP contribution in [0.4, 0.5) is 24.5 Å². The van der Waals surface area contributed by atoms with Crippen molar-refractivity contribution in [1.29, 1.82) is 0 Å². The minimum absolute atomic E-state index is 0.429. The summed E-state index contributed by atoms with van der Waals surface area (Å²) < 4.78 is 40.0. The molecule has 1 heterocycles. The number of benzene rings is 2. The van der Waals surface area contributed by atoms with E-state index in [9.17, 15) is 13.2 Å². The first kappa shape index (κ1) is 20.2. The predicted molar refractivity (Wildman–Crippen MR) is 115 cm³/mol. The van der Waals surface area contributed by atoms with E-state index in [1.165, 1.54) is 37.8 Å². The fourth-order valence-electron chi connectivity index (χ4n) is 4.69. The molecular formula is C23H25F3N2S. The zero-order valence-corrected chi connectivity index (χ0v) is 17.0. The van der Waals surface area contributed by atoms with Gasteiger partial charge in [-0.05, 0) is 42.9 Å². The van der Waals surface area contributed by atoms with Gasteiger partial charge in [-0.25, -0.2) is 0 Å². The van der Waals surface area contributed by atoms with Crippen LogP contribution in [0.25, 0.3) is 0 Å². The van der Waals surface area contributed by atoms with Gasteiger partial charge in [0.15, 0.2) is 0 Å². The Labute approximate surface area is 175 Å². The zero-order chi connectivity index (χ0) is 20.4. The quantitative estimate of drug-likeness (QED) is 0.572.